The van der Waals surface area contributed by atoms with Crippen molar-refractivity contribution in [2.75, 3.05) is 44.4 Å². The number of benzene rings is 1. The highest BCUT2D eigenvalue weighted by atomic mass is 16.5. The Kier molecular flexibility index (Phi) is 7.14. The Balaban J connectivity index is 1.59. The Morgan fingerprint density at radius 1 is 0.893 bits per heavy atom. The van der Waals surface area contributed by atoms with Gasteiger partial charge in [-0.1, -0.05) is 18.2 Å². The first-order valence-electron chi connectivity index (χ1n) is 9.33. The van der Waals surface area contributed by atoms with Gasteiger partial charge < -0.3 is 20.7 Å². The number of hydrogen-bond donors (Lipinski definition) is 3. The Hall–Kier alpha value is -3.19. The van der Waals surface area contributed by atoms with Crippen LogP contribution in [0.2, 0.25) is 0 Å². The zero-order valence-corrected chi connectivity index (χ0v) is 16.3. The maximum Gasteiger partial charge on any atom is 0.129 e. The smallest absolute Gasteiger partial charge is 0.129 e. The quantitative estimate of drug-likeness (QED) is 0.468. The molecule has 0 bridgehead atoms. The van der Waals surface area contributed by atoms with Gasteiger partial charge in [-0.15, -0.1) is 0 Å². The maximum absolute atomic E-state index is 5.40. The normalized spacial score (nSPS) is 10.5. The number of aromatic nitrogens is 3. The van der Waals surface area contributed by atoms with Crippen LogP contribution in [-0.2, 0) is 6.42 Å². The monoisotopic (exact) mass is 378 g/mol. The van der Waals surface area contributed by atoms with E-state index in [1.165, 1.54) is 0 Å². The third kappa shape index (κ3) is 5.40. The molecule has 7 nitrogen and oxygen atoms in total. The van der Waals surface area contributed by atoms with E-state index in [2.05, 4.69) is 37.0 Å². The zero-order valence-electron chi connectivity index (χ0n) is 16.3. The summed E-state index contributed by atoms with van der Waals surface area (Å²) < 4.78 is 5.40. The molecule has 7 heteroatoms. The summed E-state index contributed by atoms with van der Waals surface area (Å²) in [5.74, 6) is 2.54. The highest BCUT2D eigenvalue weighted by Crippen LogP contribution is 2.20. The number of para-hydroxylation sites is 1. The van der Waals surface area contributed by atoms with Gasteiger partial charge in [0.1, 0.15) is 23.7 Å². The molecule has 0 saturated heterocycles. The van der Waals surface area contributed by atoms with Crippen molar-refractivity contribution in [3.8, 4) is 17.0 Å². The van der Waals surface area contributed by atoms with Gasteiger partial charge in [-0.25, -0.2) is 15.0 Å². The summed E-state index contributed by atoms with van der Waals surface area (Å²) in [5, 5.41) is 9.71. The molecule has 0 saturated carbocycles. The summed E-state index contributed by atoms with van der Waals surface area (Å²) >= 11 is 0. The van der Waals surface area contributed by atoms with E-state index in [0.29, 0.717) is 0 Å². The molecule has 0 unspecified atom stereocenters. The molecule has 0 aliphatic rings. The number of anilines is 2. The number of nitrogens with zero attached hydrogens (tertiary/aromatic N) is 3. The number of rotatable bonds is 10. The largest absolute Gasteiger partial charge is 0.496 e. The molecule has 0 amide bonds. The van der Waals surface area contributed by atoms with Crippen molar-refractivity contribution in [3.05, 3.63) is 60.6 Å². The highest BCUT2D eigenvalue weighted by molar-refractivity contribution is 5.62. The summed E-state index contributed by atoms with van der Waals surface area (Å²) in [5.41, 5.74) is 2.95. The van der Waals surface area contributed by atoms with Gasteiger partial charge in [0.05, 0.1) is 12.8 Å². The Labute approximate surface area is 165 Å². The number of pyridine rings is 1. The Bertz CT molecular complexity index is 869. The third-order valence-corrected chi connectivity index (χ3v) is 4.30. The van der Waals surface area contributed by atoms with Crippen LogP contribution < -0.4 is 20.7 Å². The second-order valence-electron chi connectivity index (χ2n) is 6.24. The van der Waals surface area contributed by atoms with Crippen LogP contribution in [0.1, 0.15) is 5.56 Å². The van der Waals surface area contributed by atoms with Crippen molar-refractivity contribution < 1.29 is 4.74 Å². The van der Waals surface area contributed by atoms with E-state index < -0.39 is 0 Å². The molecule has 1 aromatic carbocycles. The Morgan fingerprint density at radius 3 is 2.54 bits per heavy atom. The molecule has 2 heterocycles. The first kappa shape index (κ1) is 19.6. The van der Waals surface area contributed by atoms with Gasteiger partial charge in [0, 0.05) is 37.5 Å². The van der Waals surface area contributed by atoms with Gasteiger partial charge in [-0.05, 0) is 37.2 Å². The molecule has 0 aliphatic heterocycles. The van der Waals surface area contributed by atoms with Crippen LogP contribution in [0.15, 0.2) is 55.0 Å². The standard InChI is InChI=1S/C21H26N6O/c1-22-11-12-24-20-8-7-17(14-25-20)18-13-21(27-15-26-18)23-10-9-16-5-3-4-6-19(16)28-2/h3-8,13-15,22H,9-12H2,1-2H3,(H,24,25)(H,23,26,27). The molecule has 0 spiro atoms. The molecule has 3 aromatic rings. The van der Waals surface area contributed by atoms with Gasteiger partial charge >= 0.3 is 0 Å². The van der Waals surface area contributed by atoms with Crippen molar-refractivity contribution in [3.63, 3.8) is 0 Å². The van der Waals surface area contributed by atoms with Gasteiger partial charge in [-0.3, -0.25) is 0 Å². The number of ether oxygens (including phenoxy) is 1. The van der Waals surface area contributed by atoms with Crippen LogP contribution in [0.3, 0.4) is 0 Å². The molecule has 3 N–H and O–H groups in total. The van der Waals surface area contributed by atoms with E-state index in [1.54, 1.807) is 13.4 Å². The minimum absolute atomic E-state index is 0.753. The molecule has 3 rings (SSSR count). The fourth-order valence-electron chi connectivity index (χ4n) is 2.81. The van der Waals surface area contributed by atoms with E-state index >= 15 is 0 Å². The van der Waals surface area contributed by atoms with Crippen LogP contribution >= 0.6 is 0 Å². The number of hydrogen-bond acceptors (Lipinski definition) is 7. The lowest BCUT2D eigenvalue weighted by molar-refractivity contribution is 0.410. The van der Waals surface area contributed by atoms with E-state index in [1.807, 2.05) is 49.6 Å². The second-order valence-corrected chi connectivity index (χ2v) is 6.24. The average Bonchev–Trinajstić information content (AvgIpc) is 2.75. The van der Waals surface area contributed by atoms with Crippen LogP contribution in [0.25, 0.3) is 11.3 Å². The summed E-state index contributed by atoms with van der Waals surface area (Å²) in [7, 11) is 3.62. The zero-order chi connectivity index (χ0) is 19.6. The first-order valence-corrected chi connectivity index (χ1v) is 9.33. The maximum atomic E-state index is 5.40. The van der Waals surface area contributed by atoms with Gasteiger partial charge in [0.15, 0.2) is 0 Å². The average molecular weight is 378 g/mol. The molecule has 0 radical (unpaired) electrons. The van der Waals surface area contributed by atoms with E-state index in [9.17, 15) is 0 Å². The Morgan fingerprint density at radius 2 is 1.75 bits per heavy atom. The molecule has 146 valence electrons. The lowest BCUT2D eigenvalue weighted by Gasteiger charge is -2.10. The van der Waals surface area contributed by atoms with E-state index in [-0.39, 0.29) is 0 Å². The van der Waals surface area contributed by atoms with Gasteiger partial charge in [0.2, 0.25) is 0 Å². The molecule has 0 aliphatic carbocycles. The van der Waals surface area contributed by atoms with Crippen molar-refractivity contribution in [1.29, 1.82) is 0 Å². The molecule has 2 aromatic heterocycles. The van der Waals surface area contributed by atoms with Gasteiger partial charge in [-0.2, -0.15) is 0 Å². The minimum Gasteiger partial charge on any atom is -0.496 e. The molecule has 0 atom stereocenters. The first-order chi connectivity index (χ1) is 13.8. The third-order valence-electron chi connectivity index (χ3n) is 4.30. The number of likely N-dealkylation sites (N-methyl/N-ethyl adjacent to an activating group) is 1. The van der Waals surface area contributed by atoms with Crippen LogP contribution in [0, 0.1) is 0 Å². The fraction of sp³-hybridized carbons (Fsp3) is 0.286. The van der Waals surface area contributed by atoms with Crippen LogP contribution in [0.5, 0.6) is 5.75 Å². The summed E-state index contributed by atoms with van der Waals surface area (Å²) in [6, 6.07) is 13.9. The molecule has 28 heavy (non-hydrogen) atoms. The number of nitrogens with one attached hydrogen (secondary N) is 3. The predicted octanol–water partition coefficient (Wildman–Crippen LogP) is 2.83. The van der Waals surface area contributed by atoms with Crippen molar-refractivity contribution in [1.82, 2.24) is 20.3 Å². The minimum atomic E-state index is 0.753. The highest BCUT2D eigenvalue weighted by Gasteiger charge is 2.05. The van der Waals surface area contributed by atoms with Crippen LogP contribution in [-0.4, -0.2) is 48.7 Å². The van der Waals surface area contributed by atoms with Gasteiger partial charge in [0.25, 0.3) is 0 Å². The lowest BCUT2D eigenvalue weighted by atomic mass is 10.1. The fourth-order valence-corrected chi connectivity index (χ4v) is 2.81. The summed E-state index contributed by atoms with van der Waals surface area (Å²) in [4.78, 5) is 13.1. The predicted molar refractivity (Wildman–Crippen MR) is 113 cm³/mol. The van der Waals surface area contributed by atoms with Crippen molar-refractivity contribution in [2.24, 2.45) is 0 Å². The molecular formula is C21H26N6O. The van der Waals surface area contributed by atoms with E-state index in [4.69, 9.17) is 4.74 Å². The topological polar surface area (TPSA) is 84.0 Å². The van der Waals surface area contributed by atoms with Crippen LogP contribution in [0.4, 0.5) is 11.6 Å². The lowest BCUT2D eigenvalue weighted by Crippen LogP contribution is -2.18. The van der Waals surface area contributed by atoms with Crippen molar-refractivity contribution in [2.45, 2.75) is 6.42 Å². The summed E-state index contributed by atoms with van der Waals surface area (Å²) in [6.07, 6.45) is 4.24. The SMILES string of the molecule is CNCCNc1ccc(-c2cc(NCCc3ccccc3OC)ncn2)cn1. The van der Waals surface area contributed by atoms with Crippen molar-refractivity contribution >= 4 is 11.6 Å². The second kappa shape index (κ2) is 10.2. The molecular weight excluding hydrogens is 352 g/mol. The summed E-state index contributed by atoms with van der Waals surface area (Å²) in [6.45, 7) is 2.47. The van der Waals surface area contributed by atoms with E-state index in [0.717, 1.165) is 60.3 Å². The number of methoxy groups -OCH3 is 1. The molecule has 0 fully saturated rings.